The highest BCUT2D eigenvalue weighted by molar-refractivity contribution is 6.30. The summed E-state index contributed by atoms with van der Waals surface area (Å²) in [6.07, 6.45) is 2.43. The average molecular weight is 376 g/mol. The number of nitrogens with zero attached hydrogens (tertiary/aromatic N) is 2. The van der Waals surface area contributed by atoms with Crippen LogP contribution in [0.25, 0.3) is 5.65 Å². The van der Waals surface area contributed by atoms with Crippen LogP contribution < -0.4 is 10.9 Å². The molecule has 2 aromatic heterocycles. The Labute approximate surface area is 162 Å². The fourth-order valence-electron chi connectivity index (χ4n) is 3.07. The van der Waals surface area contributed by atoms with Crippen molar-refractivity contribution in [2.24, 2.45) is 0 Å². The number of rotatable bonds is 5. The fourth-order valence-corrected chi connectivity index (χ4v) is 3.23. The molecule has 0 fully saturated rings. The van der Waals surface area contributed by atoms with Crippen LogP contribution >= 0.6 is 11.6 Å². The third-order valence-corrected chi connectivity index (χ3v) is 4.61. The number of nitrogens with one attached hydrogen (secondary N) is 1. The predicted octanol–water partition coefficient (Wildman–Crippen LogP) is 4.55. The van der Waals surface area contributed by atoms with Gasteiger partial charge < -0.3 is 5.32 Å². The monoisotopic (exact) mass is 375 g/mol. The van der Waals surface area contributed by atoms with Gasteiger partial charge in [-0.1, -0.05) is 60.1 Å². The van der Waals surface area contributed by atoms with Gasteiger partial charge in [0.15, 0.2) is 0 Å². The molecule has 27 heavy (non-hydrogen) atoms. The molecule has 0 saturated heterocycles. The number of anilines is 1. The first-order chi connectivity index (χ1) is 13.2. The van der Waals surface area contributed by atoms with Gasteiger partial charge in [-0.2, -0.15) is 0 Å². The molecule has 0 atom stereocenters. The van der Waals surface area contributed by atoms with Gasteiger partial charge in [0.2, 0.25) is 0 Å². The molecule has 0 amide bonds. The summed E-state index contributed by atoms with van der Waals surface area (Å²) in [6, 6.07) is 23.6. The number of hydrogen-bond acceptors (Lipinski definition) is 3. The fraction of sp³-hybridized carbons (Fsp3) is 0.0909. The zero-order valence-corrected chi connectivity index (χ0v) is 15.4. The highest BCUT2D eigenvalue weighted by Crippen LogP contribution is 2.19. The van der Waals surface area contributed by atoms with Gasteiger partial charge in [-0.25, -0.2) is 4.98 Å². The third kappa shape index (κ3) is 4.01. The van der Waals surface area contributed by atoms with E-state index in [0.29, 0.717) is 22.9 Å². The Balaban J connectivity index is 1.56. The van der Waals surface area contributed by atoms with Crippen LogP contribution in [0.1, 0.15) is 16.8 Å². The number of fused-ring (bicyclic) bond motifs is 1. The first-order valence-corrected chi connectivity index (χ1v) is 9.10. The molecule has 0 radical (unpaired) electrons. The molecule has 1 N–H and O–H groups in total. The Bertz CT molecular complexity index is 1140. The van der Waals surface area contributed by atoms with Crippen molar-refractivity contribution in [2.45, 2.75) is 13.0 Å². The summed E-state index contributed by atoms with van der Waals surface area (Å²) in [5.74, 6) is 0. The van der Waals surface area contributed by atoms with Crippen molar-refractivity contribution in [3.05, 3.63) is 111 Å². The summed E-state index contributed by atoms with van der Waals surface area (Å²) >= 11 is 5.96. The quantitative estimate of drug-likeness (QED) is 0.556. The van der Waals surface area contributed by atoms with E-state index in [1.807, 2.05) is 36.4 Å². The molecule has 0 aliphatic rings. The second kappa shape index (κ2) is 7.64. The van der Waals surface area contributed by atoms with Crippen molar-refractivity contribution in [3.63, 3.8) is 0 Å². The molecule has 0 unspecified atom stereocenters. The second-order valence-electron chi connectivity index (χ2n) is 6.33. The maximum Gasteiger partial charge on any atom is 0.258 e. The van der Waals surface area contributed by atoms with Crippen LogP contribution in [0.15, 0.2) is 83.8 Å². The van der Waals surface area contributed by atoms with E-state index in [4.69, 9.17) is 11.6 Å². The van der Waals surface area contributed by atoms with Gasteiger partial charge in [0, 0.05) is 18.0 Å². The maximum atomic E-state index is 12.3. The molecule has 0 saturated carbocycles. The summed E-state index contributed by atoms with van der Waals surface area (Å²) in [6.45, 7) is 0.472. The molecule has 134 valence electrons. The van der Waals surface area contributed by atoms with E-state index in [0.717, 1.165) is 12.1 Å². The largest absolute Gasteiger partial charge is 0.379 e. The number of halogens is 1. The molecule has 0 spiro atoms. The lowest BCUT2D eigenvalue weighted by Crippen LogP contribution is -2.17. The van der Waals surface area contributed by atoms with Crippen LogP contribution in [-0.4, -0.2) is 9.38 Å². The molecule has 4 nitrogen and oxygen atoms in total. The van der Waals surface area contributed by atoms with Gasteiger partial charge in [0.1, 0.15) is 5.65 Å². The van der Waals surface area contributed by atoms with Crippen LogP contribution in [0.5, 0.6) is 0 Å². The number of pyridine rings is 1. The second-order valence-corrected chi connectivity index (χ2v) is 6.77. The van der Waals surface area contributed by atoms with Crippen molar-refractivity contribution < 1.29 is 0 Å². The Morgan fingerprint density at radius 3 is 2.59 bits per heavy atom. The van der Waals surface area contributed by atoms with Crippen LogP contribution in [-0.2, 0) is 13.0 Å². The summed E-state index contributed by atoms with van der Waals surface area (Å²) in [5, 5.41) is 3.92. The van der Waals surface area contributed by atoms with Crippen molar-refractivity contribution in [1.29, 1.82) is 0 Å². The van der Waals surface area contributed by atoms with Crippen LogP contribution in [0, 0.1) is 0 Å². The number of aromatic nitrogens is 2. The third-order valence-electron chi connectivity index (χ3n) is 4.39. The number of benzene rings is 2. The van der Waals surface area contributed by atoms with Crippen LogP contribution in [0.3, 0.4) is 0 Å². The zero-order chi connectivity index (χ0) is 18.6. The van der Waals surface area contributed by atoms with Crippen molar-refractivity contribution in [3.8, 4) is 0 Å². The molecular weight excluding hydrogens is 358 g/mol. The van der Waals surface area contributed by atoms with Gasteiger partial charge in [-0.3, -0.25) is 9.20 Å². The first kappa shape index (κ1) is 17.3. The maximum absolute atomic E-state index is 12.3. The summed E-state index contributed by atoms with van der Waals surface area (Å²) in [4.78, 5) is 16.9. The minimum atomic E-state index is -0.142. The Kier molecular flexibility index (Phi) is 4.90. The smallest absolute Gasteiger partial charge is 0.258 e. The van der Waals surface area contributed by atoms with Crippen LogP contribution in [0.4, 0.5) is 5.69 Å². The van der Waals surface area contributed by atoms with Gasteiger partial charge in [0.25, 0.3) is 5.56 Å². The highest BCUT2D eigenvalue weighted by atomic mass is 35.5. The van der Waals surface area contributed by atoms with Crippen molar-refractivity contribution >= 4 is 22.9 Å². The van der Waals surface area contributed by atoms with E-state index >= 15 is 0 Å². The lowest BCUT2D eigenvalue weighted by molar-refractivity contribution is 0.969. The Morgan fingerprint density at radius 1 is 0.963 bits per heavy atom. The lowest BCUT2D eigenvalue weighted by Gasteiger charge is -2.12. The molecule has 0 aliphatic heterocycles. The standard InChI is InChI=1S/C22H18ClN3O/c23-18-10-11-21-25-19(13-22(27)26(21)15-18)14-24-20-9-5-4-8-17(20)12-16-6-2-1-3-7-16/h1-11,13,15,24H,12,14H2. The summed E-state index contributed by atoms with van der Waals surface area (Å²) in [7, 11) is 0. The molecule has 2 heterocycles. The molecule has 0 aliphatic carbocycles. The average Bonchev–Trinajstić information content (AvgIpc) is 2.69. The highest BCUT2D eigenvalue weighted by Gasteiger charge is 2.06. The molecule has 5 heteroatoms. The topological polar surface area (TPSA) is 46.4 Å². The van der Waals surface area contributed by atoms with Crippen molar-refractivity contribution in [1.82, 2.24) is 9.38 Å². The van der Waals surface area contributed by atoms with E-state index in [1.165, 1.54) is 21.6 Å². The van der Waals surface area contributed by atoms with E-state index in [-0.39, 0.29) is 5.56 Å². The Hall–Kier alpha value is -3.11. The number of hydrogen-bond donors (Lipinski definition) is 1. The van der Waals surface area contributed by atoms with Crippen LogP contribution in [0.2, 0.25) is 5.02 Å². The minimum absolute atomic E-state index is 0.142. The molecule has 0 bridgehead atoms. The predicted molar refractivity (Wildman–Crippen MR) is 109 cm³/mol. The summed E-state index contributed by atoms with van der Waals surface area (Å²) < 4.78 is 1.45. The van der Waals surface area contributed by atoms with E-state index < -0.39 is 0 Å². The first-order valence-electron chi connectivity index (χ1n) is 8.72. The lowest BCUT2D eigenvalue weighted by atomic mass is 10.0. The molecular formula is C22H18ClN3O. The van der Waals surface area contributed by atoms with Gasteiger partial charge in [-0.15, -0.1) is 0 Å². The molecule has 4 rings (SSSR count). The van der Waals surface area contributed by atoms with E-state index in [9.17, 15) is 4.79 Å². The van der Waals surface area contributed by atoms with E-state index in [2.05, 4.69) is 28.5 Å². The van der Waals surface area contributed by atoms with Gasteiger partial charge in [-0.05, 0) is 35.7 Å². The normalized spacial score (nSPS) is 10.9. The Morgan fingerprint density at radius 2 is 1.74 bits per heavy atom. The molecule has 4 aromatic rings. The van der Waals surface area contributed by atoms with Crippen molar-refractivity contribution in [2.75, 3.05) is 5.32 Å². The minimum Gasteiger partial charge on any atom is -0.379 e. The number of para-hydroxylation sites is 1. The SMILES string of the molecule is O=c1cc(CNc2ccccc2Cc2ccccc2)nc2ccc(Cl)cn12. The van der Waals surface area contributed by atoms with Gasteiger partial charge in [0.05, 0.1) is 17.3 Å². The molecule has 2 aromatic carbocycles. The van der Waals surface area contributed by atoms with E-state index in [1.54, 1.807) is 18.3 Å². The zero-order valence-electron chi connectivity index (χ0n) is 14.6. The van der Waals surface area contributed by atoms with Gasteiger partial charge >= 0.3 is 0 Å². The summed E-state index contributed by atoms with van der Waals surface area (Å²) in [5.41, 5.74) is 4.63.